The van der Waals surface area contributed by atoms with Crippen molar-refractivity contribution >= 4 is 33.8 Å². The molecular formula is C22H26N2OS2. The highest BCUT2D eigenvalue weighted by Gasteiger charge is 2.31. The normalized spacial score (nSPS) is 17.3. The molecule has 0 spiro atoms. The summed E-state index contributed by atoms with van der Waals surface area (Å²) >= 11 is 7.33. The number of hydrogen-bond acceptors (Lipinski definition) is 3. The summed E-state index contributed by atoms with van der Waals surface area (Å²) in [5.74, 6) is 0.655. The third-order valence-corrected chi connectivity index (χ3v) is 7.45. The van der Waals surface area contributed by atoms with Crippen molar-refractivity contribution in [1.29, 1.82) is 0 Å². The summed E-state index contributed by atoms with van der Waals surface area (Å²) in [6, 6.07) is 6.08. The van der Waals surface area contributed by atoms with E-state index in [0.717, 1.165) is 46.3 Å². The summed E-state index contributed by atoms with van der Waals surface area (Å²) in [5.41, 5.74) is 4.60. The number of benzene rings is 1. The van der Waals surface area contributed by atoms with Crippen LogP contribution in [-0.2, 0) is 12.8 Å². The fourth-order valence-electron chi connectivity index (χ4n) is 4.36. The minimum atomic E-state index is 0.0258. The van der Waals surface area contributed by atoms with Gasteiger partial charge in [0.15, 0.2) is 4.77 Å². The summed E-state index contributed by atoms with van der Waals surface area (Å²) in [4.78, 5) is 19.2. The number of thiophene rings is 1. The number of aryl methyl sites for hydroxylation is 3. The second kappa shape index (κ2) is 6.42. The van der Waals surface area contributed by atoms with Gasteiger partial charge in [0.25, 0.3) is 5.56 Å². The number of H-pyrrole nitrogens is 1. The largest absolute Gasteiger partial charge is 0.323 e. The minimum Gasteiger partial charge on any atom is -0.323 e. The number of hydrogen-bond donors (Lipinski definition) is 1. The van der Waals surface area contributed by atoms with Gasteiger partial charge in [0.05, 0.1) is 11.1 Å². The second-order valence-electron chi connectivity index (χ2n) is 8.82. The van der Waals surface area contributed by atoms with Gasteiger partial charge in [-0.2, -0.15) is 0 Å². The topological polar surface area (TPSA) is 37.8 Å². The van der Waals surface area contributed by atoms with Gasteiger partial charge in [0.2, 0.25) is 0 Å². The van der Waals surface area contributed by atoms with Gasteiger partial charge in [-0.3, -0.25) is 9.36 Å². The molecule has 3 nitrogen and oxygen atoms in total. The highest BCUT2D eigenvalue weighted by molar-refractivity contribution is 7.71. The number of nitrogens with one attached hydrogen (secondary N) is 1. The van der Waals surface area contributed by atoms with Crippen molar-refractivity contribution in [2.75, 3.05) is 0 Å². The maximum atomic E-state index is 13.5. The standard InChI is InChI=1S/C22H26N2OS2/c1-12-7-6-8-13(2)18(12)24-20(25)17-15-10-9-14(22(3,4)5)11-16(15)27-19(17)23-21(24)26/h6-8,14H,9-11H2,1-5H3,(H,23,26)/t14-/m0/s1. The van der Waals surface area contributed by atoms with E-state index in [1.165, 1.54) is 10.4 Å². The predicted octanol–water partition coefficient (Wildman–Crippen LogP) is 5.88. The van der Waals surface area contributed by atoms with E-state index in [-0.39, 0.29) is 5.56 Å². The second-order valence-corrected chi connectivity index (χ2v) is 10.3. The summed E-state index contributed by atoms with van der Waals surface area (Å²) in [6.45, 7) is 11.0. The summed E-state index contributed by atoms with van der Waals surface area (Å²) in [6.07, 6.45) is 3.17. The van der Waals surface area contributed by atoms with E-state index in [0.29, 0.717) is 16.1 Å². The molecule has 0 unspecified atom stereocenters. The molecule has 0 bridgehead atoms. The molecule has 4 rings (SSSR count). The molecule has 1 aliphatic rings. The minimum absolute atomic E-state index is 0.0258. The van der Waals surface area contributed by atoms with Crippen LogP contribution >= 0.6 is 23.6 Å². The van der Waals surface area contributed by atoms with Crippen LogP contribution in [0.25, 0.3) is 15.9 Å². The first-order valence-corrected chi connectivity index (χ1v) is 10.8. The Hall–Kier alpha value is -1.72. The summed E-state index contributed by atoms with van der Waals surface area (Å²) in [7, 11) is 0. The van der Waals surface area contributed by atoms with Gasteiger partial charge in [-0.25, -0.2) is 0 Å². The van der Waals surface area contributed by atoms with Crippen LogP contribution < -0.4 is 5.56 Å². The Bertz CT molecular complexity index is 1140. The molecule has 0 fully saturated rings. The molecule has 1 N–H and O–H groups in total. The molecule has 0 amide bonds. The molecular weight excluding hydrogens is 372 g/mol. The molecule has 0 saturated carbocycles. The van der Waals surface area contributed by atoms with E-state index in [2.05, 4.69) is 25.8 Å². The monoisotopic (exact) mass is 398 g/mol. The average molecular weight is 399 g/mol. The zero-order valence-electron chi connectivity index (χ0n) is 16.6. The Morgan fingerprint density at radius 3 is 2.52 bits per heavy atom. The smallest absolute Gasteiger partial charge is 0.267 e. The molecule has 0 saturated heterocycles. The molecule has 27 heavy (non-hydrogen) atoms. The van der Waals surface area contributed by atoms with Crippen LogP contribution in [0.2, 0.25) is 0 Å². The van der Waals surface area contributed by atoms with Crippen LogP contribution in [0.1, 0.15) is 48.8 Å². The average Bonchev–Trinajstić information content (AvgIpc) is 2.93. The van der Waals surface area contributed by atoms with Crippen LogP contribution in [0.4, 0.5) is 0 Å². The fraction of sp³-hybridized carbons (Fsp3) is 0.455. The van der Waals surface area contributed by atoms with Crippen LogP contribution in [0.15, 0.2) is 23.0 Å². The van der Waals surface area contributed by atoms with Gasteiger partial charge in [-0.15, -0.1) is 11.3 Å². The first-order chi connectivity index (χ1) is 12.7. The number of rotatable bonds is 1. The van der Waals surface area contributed by atoms with Gasteiger partial charge in [-0.05, 0) is 73.4 Å². The quantitative estimate of drug-likeness (QED) is 0.520. The van der Waals surface area contributed by atoms with E-state index in [9.17, 15) is 4.79 Å². The van der Waals surface area contributed by atoms with E-state index in [4.69, 9.17) is 12.2 Å². The third kappa shape index (κ3) is 3.01. The Kier molecular flexibility index (Phi) is 4.43. The van der Waals surface area contributed by atoms with E-state index in [1.807, 2.05) is 32.0 Å². The van der Waals surface area contributed by atoms with E-state index < -0.39 is 0 Å². The molecule has 2 heterocycles. The van der Waals surface area contributed by atoms with Gasteiger partial charge in [-0.1, -0.05) is 39.0 Å². The highest BCUT2D eigenvalue weighted by atomic mass is 32.1. The lowest BCUT2D eigenvalue weighted by molar-refractivity contribution is 0.218. The first kappa shape index (κ1) is 18.6. The first-order valence-electron chi connectivity index (χ1n) is 9.54. The Balaban J connectivity index is 1.97. The lowest BCUT2D eigenvalue weighted by atomic mass is 9.72. The van der Waals surface area contributed by atoms with Crippen molar-refractivity contribution in [3.63, 3.8) is 0 Å². The van der Waals surface area contributed by atoms with Gasteiger partial charge < -0.3 is 4.98 Å². The van der Waals surface area contributed by atoms with Crippen LogP contribution in [-0.4, -0.2) is 9.55 Å². The SMILES string of the molecule is Cc1cccc(C)c1-n1c(=S)[nH]c2sc3c(c2c1=O)CC[C@H](C(C)(C)C)C3. The lowest BCUT2D eigenvalue weighted by Crippen LogP contribution is -2.27. The number of aromatic amines is 1. The zero-order valence-corrected chi connectivity index (χ0v) is 18.2. The Morgan fingerprint density at radius 2 is 1.89 bits per heavy atom. The zero-order chi connectivity index (χ0) is 19.5. The van der Waals surface area contributed by atoms with Gasteiger partial charge in [0.1, 0.15) is 4.83 Å². The Morgan fingerprint density at radius 1 is 1.22 bits per heavy atom. The lowest BCUT2D eigenvalue weighted by Gasteiger charge is -2.33. The predicted molar refractivity (Wildman–Crippen MR) is 117 cm³/mol. The molecule has 0 radical (unpaired) electrons. The van der Waals surface area contributed by atoms with Crippen molar-refractivity contribution in [3.8, 4) is 5.69 Å². The maximum Gasteiger partial charge on any atom is 0.267 e. The Labute approximate surface area is 169 Å². The molecule has 1 aromatic carbocycles. The fourth-order valence-corrected chi connectivity index (χ4v) is 6.02. The van der Waals surface area contributed by atoms with Crippen molar-refractivity contribution in [1.82, 2.24) is 9.55 Å². The van der Waals surface area contributed by atoms with E-state index in [1.54, 1.807) is 15.9 Å². The van der Waals surface area contributed by atoms with Crippen molar-refractivity contribution in [3.05, 3.63) is 54.9 Å². The summed E-state index contributed by atoms with van der Waals surface area (Å²) < 4.78 is 2.18. The molecule has 5 heteroatoms. The third-order valence-electron chi connectivity index (χ3n) is 5.99. The molecule has 1 aliphatic carbocycles. The van der Waals surface area contributed by atoms with Gasteiger partial charge >= 0.3 is 0 Å². The van der Waals surface area contributed by atoms with Crippen molar-refractivity contribution < 1.29 is 0 Å². The van der Waals surface area contributed by atoms with Gasteiger partial charge in [0, 0.05) is 4.88 Å². The van der Waals surface area contributed by atoms with Crippen molar-refractivity contribution in [2.24, 2.45) is 11.3 Å². The molecule has 142 valence electrons. The molecule has 1 atom stereocenters. The molecule has 0 aliphatic heterocycles. The highest BCUT2D eigenvalue weighted by Crippen LogP contribution is 2.42. The van der Waals surface area contributed by atoms with Crippen LogP contribution in [0.5, 0.6) is 0 Å². The van der Waals surface area contributed by atoms with Crippen LogP contribution in [0.3, 0.4) is 0 Å². The summed E-state index contributed by atoms with van der Waals surface area (Å²) in [5, 5.41) is 0.846. The van der Waals surface area contributed by atoms with Crippen molar-refractivity contribution in [2.45, 2.75) is 53.9 Å². The molecule has 2 aromatic heterocycles. The van der Waals surface area contributed by atoms with Crippen LogP contribution in [0, 0.1) is 30.0 Å². The molecule has 3 aromatic rings. The number of aromatic nitrogens is 2. The maximum absolute atomic E-state index is 13.5. The number of nitrogens with zero attached hydrogens (tertiary/aromatic N) is 1. The van der Waals surface area contributed by atoms with E-state index >= 15 is 0 Å². The number of fused-ring (bicyclic) bond motifs is 3. The number of para-hydroxylation sites is 1.